The summed E-state index contributed by atoms with van der Waals surface area (Å²) >= 11 is 0. The van der Waals surface area contributed by atoms with E-state index in [-0.39, 0.29) is 29.7 Å². The number of hydrogen-bond donors (Lipinski definition) is 2. The van der Waals surface area contributed by atoms with E-state index >= 15 is 0 Å². The molecule has 2 aromatic heterocycles. The predicted molar refractivity (Wildman–Crippen MR) is 74.4 cm³/mol. The van der Waals surface area contributed by atoms with Crippen LogP contribution in [0.25, 0.3) is 0 Å². The molecule has 1 atom stereocenters. The highest BCUT2D eigenvalue weighted by Crippen LogP contribution is 2.31. The molecule has 21 heavy (non-hydrogen) atoms. The van der Waals surface area contributed by atoms with E-state index < -0.39 is 0 Å². The molecule has 1 aliphatic rings. The third kappa shape index (κ3) is 3.28. The van der Waals surface area contributed by atoms with Crippen LogP contribution >= 0.6 is 0 Å². The number of carbonyl (C=O) groups excluding carboxylic acids is 1. The van der Waals surface area contributed by atoms with E-state index in [4.69, 9.17) is 4.52 Å². The summed E-state index contributed by atoms with van der Waals surface area (Å²) in [5, 5.41) is 16.1. The van der Waals surface area contributed by atoms with Gasteiger partial charge in [-0.05, 0) is 42.9 Å². The second kappa shape index (κ2) is 6.05. The topological polar surface area (TPSA) is 88.2 Å². The Labute approximate surface area is 122 Å². The largest absolute Gasteiger partial charge is 0.393 e. The Hall–Kier alpha value is -2.21. The third-order valence-corrected chi connectivity index (χ3v) is 3.91. The van der Waals surface area contributed by atoms with Gasteiger partial charge in [-0.15, -0.1) is 0 Å². The van der Waals surface area contributed by atoms with Crippen molar-refractivity contribution in [3.8, 4) is 0 Å². The number of rotatable bonds is 5. The molecule has 110 valence electrons. The minimum absolute atomic E-state index is 0.0278. The van der Waals surface area contributed by atoms with Crippen molar-refractivity contribution in [2.45, 2.75) is 31.4 Å². The van der Waals surface area contributed by atoms with Crippen LogP contribution in [0.15, 0.2) is 41.4 Å². The van der Waals surface area contributed by atoms with Gasteiger partial charge in [0.1, 0.15) is 6.26 Å². The zero-order valence-corrected chi connectivity index (χ0v) is 11.5. The summed E-state index contributed by atoms with van der Waals surface area (Å²) in [5.74, 6) is 0.0354. The molecule has 3 rings (SSSR count). The minimum atomic E-state index is -0.251. The van der Waals surface area contributed by atoms with Gasteiger partial charge >= 0.3 is 0 Å². The normalized spacial score (nSPS) is 22.3. The highest BCUT2D eigenvalue weighted by atomic mass is 16.5. The number of nitrogens with one attached hydrogen (secondary N) is 1. The summed E-state index contributed by atoms with van der Waals surface area (Å²) in [6.45, 7) is 0. The van der Waals surface area contributed by atoms with Crippen LogP contribution in [0.3, 0.4) is 0 Å². The number of hydrogen-bond acceptors (Lipinski definition) is 5. The van der Waals surface area contributed by atoms with Gasteiger partial charge in [0.25, 0.3) is 5.91 Å². The lowest BCUT2D eigenvalue weighted by Gasteiger charge is -2.38. The number of aliphatic hydroxyl groups is 1. The average molecular weight is 287 g/mol. The molecule has 0 bridgehead atoms. The smallest absolute Gasteiger partial charge is 0.273 e. The van der Waals surface area contributed by atoms with E-state index in [1.165, 1.54) is 12.3 Å². The molecule has 6 heteroatoms. The summed E-state index contributed by atoms with van der Waals surface area (Å²) in [5.41, 5.74) is 1.38. The van der Waals surface area contributed by atoms with Crippen molar-refractivity contribution in [2.75, 3.05) is 0 Å². The maximum atomic E-state index is 12.1. The summed E-state index contributed by atoms with van der Waals surface area (Å²) < 4.78 is 4.69. The Kier molecular flexibility index (Phi) is 3.96. The van der Waals surface area contributed by atoms with E-state index in [2.05, 4.69) is 15.5 Å². The molecule has 2 N–H and O–H groups in total. The second-order valence-corrected chi connectivity index (χ2v) is 5.41. The van der Waals surface area contributed by atoms with E-state index in [1.807, 2.05) is 12.1 Å². The molecule has 0 saturated heterocycles. The summed E-state index contributed by atoms with van der Waals surface area (Å²) in [6, 6.07) is 5.38. The fourth-order valence-electron chi connectivity index (χ4n) is 2.64. The first kappa shape index (κ1) is 13.8. The molecule has 1 amide bonds. The van der Waals surface area contributed by atoms with Gasteiger partial charge in [-0.25, -0.2) is 0 Å². The summed E-state index contributed by atoms with van der Waals surface area (Å²) in [4.78, 5) is 16.1. The molecule has 1 fully saturated rings. The number of aliphatic hydroxyl groups excluding tert-OH is 1. The van der Waals surface area contributed by atoms with Crippen molar-refractivity contribution in [1.29, 1.82) is 0 Å². The van der Waals surface area contributed by atoms with E-state index in [0.29, 0.717) is 6.42 Å². The van der Waals surface area contributed by atoms with Gasteiger partial charge in [0.15, 0.2) is 5.69 Å². The van der Waals surface area contributed by atoms with Gasteiger partial charge in [0, 0.05) is 24.5 Å². The van der Waals surface area contributed by atoms with Crippen LogP contribution in [-0.2, 0) is 6.42 Å². The summed E-state index contributed by atoms with van der Waals surface area (Å²) in [7, 11) is 0. The molecule has 1 unspecified atom stereocenters. The van der Waals surface area contributed by atoms with Crippen LogP contribution in [0.2, 0.25) is 0 Å². The van der Waals surface area contributed by atoms with Crippen molar-refractivity contribution >= 4 is 5.91 Å². The van der Waals surface area contributed by atoms with Gasteiger partial charge in [0.2, 0.25) is 0 Å². The molecular weight excluding hydrogens is 270 g/mol. The number of pyridine rings is 1. The Bertz CT molecular complexity index is 579. The second-order valence-electron chi connectivity index (χ2n) is 5.41. The van der Waals surface area contributed by atoms with Crippen molar-refractivity contribution < 1.29 is 14.4 Å². The predicted octanol–water partition coefficient (Wildman–Crippen LogP) is 1.18. The highest BCUT2D eigenvalue weighted by Gasteiger charge is 2.35. The minimum Gasteiger partial charge on any atom is -0.393 e. The zero-order chi connectivity index (χ0) is 14.7. The molecule has 1 aliphatic carbocycles. The fraction of sp³-hybridized carbons (Fsp3) is 0.400. The van der Waals surface area contributed by atoms with Crippen LogP contribution in [0.4, 0.5) is 0 Å². The van der Waals surface area contributed by atoms with E-state index in [0.717, 1.165) is 18.4 Å². The number of aromatic nitrogens is 2. The molecule has 6 nitrogen and oxygen atoms in total. The first-order valence-corrected chi connectivity index (χ1v) is 7.00. The Balaban J connectivity index is 1.69. The van der Waals surface area contributed by atoms with Gasteiger partial charge in [-0.2, -0.15) is 0 Å². The van der Waals surface area contributed by atoms with Crippen LogP contribution in [0.5, 0.6) is 0 Å². The van der Waals surface area contributed by atoms with Crippen molar-refractivity contribution in [3.05, 3.63) is 48.1 Å². The maximum absolute atomic E-state index is 12.1. The van der Waals surface area contributed by atoms with Gasteiger partial charge in [-0.3, -0.25) is 9.78 Å². The number of carbonyl (C=O) groups is 1. The molecule has 0 aliphatic heterocycles. The SMILES string of the molecule is O=C(NC(Cc1ccncc1)C1CC(O)C1)c1ccon1. The average Bonchev–Trinajstić information content (AvgIpc) is 2.98. The Morgan fingerprint density at radius 3 is 2.76 bits per heavy atom. The highest BCUT2D eigenvalue weighted by molar-refractivity contribution is 5.92. The molecule has 1 saturated carbocycles. The molecular formula is C15H17N3O3. The third-order valence-electron chi connectivity index (χ3n) is 3.91. The van der Waals surface area contributed by atoms with Gasteiger partial charge < -0.3 is 14.9 Å². The zero-order valence-electron chi connectivity index (χ0n) is 11.5. The quantitative estimate of drug-likeness (QED) is 0.862. The number of nitrogens with zero attached hydrogens (tertiary/aromatic N) is 2. The van der Waals surface area contributed by atoms with Crippen molar-refractivity contribution in [1.82, 2.24) is 15.5 Å². The molecule has 2 heterocycles. The standard InChI is InChI=1S/C15H17N3O3/c19-12-8-11(9-12)14(7-10-1-4-16-5-2-10)17-15(20)13-3-6-21-18-13/h1-6,11-12,14,19H,7-9H2,(H,17,20). The lowest BCUT2D eigenvalue weighted by Crippen LogP contribution is -2.48. The lowest BCUT2D eigenvalue weighted by atomic mass is 9.75. The van der Waals surface area contributed by atoms with E-state index in [9.17, 15) is 9.90 Å². The van der Waals surface area contributed by atoms with E-state index in [1.54, 1.807) is 12.4 Å². The van der Waals surface area contributed by atoms with Crippen LogP contribution < -0.4 is 5.32 Å². The maximum Gasteiger partial charge on any atom is 0.273 e. The fourth-order valence-corrected chi connectivity index (χ4v) is 2.64. The molecule has 2 aromatic rings. The number of amides is 1. The lowest BCUT2D eigenvalue weighted by molar-refractivity contribution is 0.0238. The Morgan fingerprint density at radius 1 is 1.38 bits per heavy atom. The molecule has 0 aromatic carbocycles. The van der Waals surface area contributed by atoms with Crippen molar-refractivity contribution in [2.24, 2.45) is 5.92 Å². The monoisotopic (exact) mass is 287 g/mol. The van der Waals surface area contributed by atoms with Gasteiger partial charge in [-0.1, -0.05) is 5.16 Å². The first-order chi connectivity index (χ1) is 10.2. The van der Waals surface area contributed by atoms with Gasteiger partial charge in [0.05, 0.1) is 6.10 Å². The van der Waals surface area contributed by atoms with Crippen LogP contribution in [-0.4, -0.2) is 33.3 Å². The molecule has 0 radical (unpaired) electrons. The molecule has 0 spiro atoms. The first-order valence-electron chi connectivity index (χ1n) is 7.00. The Morgan fingerprint density at radius 2 is 2.14 bits per heavy atom. The van der Waals surface area contributed by atoms with Crippen molar-refractivity contribution in [3.63, 3.8) is 0 Å². The summed E-state index contributed by atoms with van der Waals surface area (Å²) in [6.07, 6.45) is 6.75. The van der Waals surface area contributed by atoms with Crippen LogP contribution in [0.1, 0.15) is 28.9 Å². The van der Waals surface area contributed by atoms with Crippen LogP contribution in [0, 0.1) is 5.92 Å².